The Morgan fingerprint density at radius 3 is 3.00 bits per heavy atom. The standard InChI is InChI=1S/C10H11ClN4/c11-9-7-8(4-5-10(9)12)3-1-2-6-14-15-13/h1,3-5,7H,2,6,12H2. The van der Waals surface area contributed by atoms with Gasteiger partial charge in [-0.05, 0) is 29.6 Å². The van der Waals surface area contributed by atoms with Crippen LogP contribution in [0.5, 0.6) is 0 Å². The van der Waals surface area contributed by atoms with Crippen molar-refractivity contribution in [2.75, 3.05) is 12.3 Å². The summed E-state index contributed by atoms with van der Waals surface area (Å²) < 4.78 is 0. The molecular weight excluding hydrogens is 212 g/mol. The number of anilines is 1. The van der Waals surface area contributed by atoms with Crippen LogP contribution in [-0.2, 0) is 0 Å². The molecule has 0 aliphatic carbocycles. The highest BCUT2D eigenvalue weighted by molar-refractivity contribution is 6.33. The van der Waals surface area contributed by atoms with Crippen molar-refractivity contribution >= 4 is 23.4 Å². The molecule has 0 fully saturated rings. The summed E-state index contributed by atoms with van der Waals surface area (Å²) in [4.78, 5) is 2.66. The number of nitrogens with zero attached hydrogens (tertiary/aromatic N) is 3. The van der Waals surface area contributed by atoms with Gasteiger partial charge in [0.2, 0.25) is 0 Å². The van der Waals surface area contributed by atoms with E-state index in [9.17, 15) is 0 Å². The summed E-state index contributed by atoms with van der Waals surface area (Å²) in [7, 11) is 0. The Kier molecular flexibility index (Phi) is 4.54. The van der Waals surface area contributed by atoms with Gasteiger partial charge >= 0.3 is 0 Å². The summed E-state index contributed by atoms with van der Waals surface area (Å²) in [6, 6.07) is 5.43. The first kappa shape index (κ1) is 11.4. The van der Waals surface area contributed by atoms with E-state index in [1.165, 1.54) is 0 Å². The van der Waals surface area contributed by atoms with Gasteiger partial charge in [-0.25, -0.2) is 0 Å². The van der Waals surface area contributed by atoms with Crippen molar-refractivity contribution in [3.8, 4) is 0 Å². The van der Waals surface area contributed by atoms with Crippen molar-refractivity contribution in [3.05, 3.63) is 45.3 Å². The maximum Gasteiger partial charge on any atom is 0.0641 e. The molecule has 0 aliphatic heterocycles. The molecule has 0 saturated heterocycles. The molecule has 0 bridgehead atoms. The highest BCUT2D eigenvalue weighted by atomic mass is 35.5. The van der Waals surface area contributed by atoms with E-state index in [-0.39, 0.29) is 0 Å². The minimum atomic E-state index is 0.468. The van der Waals surface area contributed by atoms with Crippen molar-refractivity contribution in [2.45, 2.75) is 6.42 Å². The minimum absolute atomic E-state index is 0.468. The number of azide groups is 1. The van der Waals surface area contributed by atoms with Crippen LogP contribution in [0.2, 0.25) is 5.02 Å². The average Bonchev–Trinajstić information content (AvgIpc) is 2.23. The molecule has 1 rings (SSSR count). The minimum Gasteiger partial charge on any atom is -0.398 e. The zero-order valence-electron chi connectivity index (χ0n) is 8.10. The molecule has 15 heavy (non-hydrogen) atoms. The van der Waals surface area contributed by atoms with Gasteiger partial charge in [-0.15, -0.1) is 0 Å². The molecule has 0 radical (unpaired) electrons. The quantitative estimate of drug-likeness (QED) is 0.273. The predicted octanol–water partition coefficient (Wildman–Crippen LogP) is 3.64. The van der Waals surface area contributed by atoms with E-state index in [0.29, 0.717) is 23.7 Å². The molecule has 2 N–H and O–H groups in total. The van der Waals surface area contributed by atoms with Crippen LogP contribution in [0, 0.1) is 0 Å². The molecule has 1 aromatic rings. The number of benzene rings is 1. The molecular formula is C10H11ClN4. The predicted molar refractivity (Wildman–Crippen MR) is 63.5 cm³/mol. The van der Waals surface area contributed by atoms with Crippen LogP contribution in [0.3, 0.4) is 0 Å². The fourth-order valence-corrected chi connectivity index (χ4v) is 1.23. The third-order valence-corrected chi connectivity index (χ3v) is 2.12. The van der Waals surface area contributed by atoms with Crippen LogP contribution in [0.1, 0.15) is 12.0 Å². The first-order chi connectivity index (χ1) is 7.24. The lowest BCUT2D eigenvalue weighted by Crippen LogP contribution is -1.85. The van der Waals surface area contributed by atoms with Crippen LogP contribution in [-0.4, -0.2) is 6.54 Å². The van der Waals surface area contributed by atoms with Crippen molar-refractivity contribution < 1.29 is 0 Å². The molecule has 4 nitrogen and oxygen atoms in total. The Labute approximate surface area is 93.0 Å². The summed E-state index contributed by atoms with van der Waals surface area (Å²) in [5, 5.41) is 3.97. The monoisotopic (exact) mass is 222 g/mol. The first-order valence-corrected chi connectivity index (χ1v) is 4.84. The Hall–Kier alpha value is -1.64. The second kappa shape index (κ2) is 5.96. The Morgan fingerprint density at radius 1 is 1.53 bits per heavy atom. The third-order valence-electron chi connectivity index (χ3n) is 1.79. The first-order valence-electron chi connectivity index (χ1n) is 4.46. The zero-order valence-corrected chi connectivity index (χ0v) is 8.85. The number of halogens is 1. The summed E-state index contributed by atoms with van der Waals surface area (Å²) in [5.74, 6) is 0. The molecule has 0 aromatic heterocycles. The SMILES string of the molecule is [N-]=[N+]=NCCC=Cc1ccc(N)c(Cl)c1. The highest BCUT2D eigenvalue weighted by Crippen LogP contribution is 2.20. The van der Waals surface area contributed by atoms with Crippen LogP contribution in [0.4, 0.5) is 5.69 Å². The van der Waals surface area contributed by atoms with E-state index in [1.54, 1.807) is 12.1 Å². The lowest BCUT2D eigenvalue weighted by molar-refractivity contribution is 0.996. The maximum absolute atomic E-state index is 8.05. The number of hydrogen-bond acceptors (Lipinski definition) is 2. The molecule has 0 heterocycles. The van der Waals surface area contributed by atoms with E-state index in [2.05, 4.69) is 10.0 Å². The van der Waals surface area contributed by atoms with Crippen molar-refractivity contribution in [1.29, 1.82) is 0 Å². The average molecular weight is 223 g/mol. The number of nitrogens with two attached hydrogens (primary N) is 1. The molecule has 0 atom stereocenters. The van der Waals surface area contributed by atoms with Crippen molar-refractivity contribution in [2.24, 2.45) is 5.11 Å². The van der Waals surface area contributed by atoms with Gasteiger partial charge in [0.25, 0.3) is 0 Å². The van der Waals surface area contributed by atoms with E-state index < -0.39 is 0 Å². The molecule has 0 unspecified atom stereocenters. The molecule has 0 aliphatic rings. The fourth-order valence-electron chi connectivity index (χ4n) is 1.04. The van der Waals surface area contributed by atoms with Gasteiger partial charge in [-0.2, -0.15) is 0 Å². The van der Waals surface area contributed by atoms with E-state index in [0.717, 1.165) is 5.56 Å². The molecule has 5 heteroatoms. The number of hydrogen-bond donors (Lipinski definition) is 1. The molecule has 78 valence electrons. The Morgan fingerprint density at radius 2 is 2.33 bits per heavy atom. The largest absolute Gasteiger partial charge is 0.398 e. The van der Waals surface area contributed by atoms with Gasteiger partial charge in [0.05, 0.1) is 10.7 Å². The number of rotatable bonds is 4. The van der Waals surface area contributed by atoms with E-state index >= 15 is 0 Å². The molecule has 1 aromatic carbocycles. The normalized spacial score (nSPS) is 10.2. The summed E-state index contributed by atoms with van der Waals surface area (Å²) in [6.07, 6.45) is 4.56. The number of nitrogen functional groups attached to an aromatic ring is 1. The van der Waals surface area contributed by atoms with Gasteiger partial charge in [0.1, 0.15) is 0 Å². The van der Waals surface area contributed by atoms with Gasteiger partial charge in [-0.3, -0.25) is 0 Å². The lowest BCUT2D eigenvalue weighted by Gasteiger charge is -1.98. The third kappa shape index (κ3) is 3.94. The Balaban J connectivity index is 2.56. The van der Waals surface area contributed by atoms with E-state index in [4.69, 9.17) is 22.9 Å². The summed E-state index contributed by atoms with van der Waals surface area (Å²) >= 11 is 5.85. The second-order valence-electron chi connectivity index (χ2n) is 2.93. The van der Waals surface area contributed by atoms with Crippen molar-refractivity contribution in [1.82, 2.24) is 0 Å². The zero-order chi connectivity index (χ0) is 11.1. The summed E-state index contributed by atoms with van der Waals surface area (Å²) in [6.45, 7) is 0.468. The van der Waals surface area contributed by atoms with Crippen molar-refractivity contribution in [3.63, 3.8) is 0 Å². The van der Waals surface area contributed by atoms with Crippen LogP contribution >= 0.6 is 11.6 Å². The lowest BCUT2D eigenvalue weighted by atomic mass is 10.2. The highest BCUT2D eigenvalue weighted by Gasteiger charge is 1.94. The molecule has 0 saturated carbocycles. The van der Waals surface area contributed by atoms with Gasteiger partial charge in [0.15, 0.2) is 0 Å². The fraction of sp³-hybridized carbons (Fsp3) is 0.200. The van der Waals surface area contributed by atoms with Gasteiger partial charge in [0, 0.05) is 11.5 Å². The van der Waals surface area contributed by atoms with E-state index in [1.807, 2.05) is 18.2 Å². The topological polar surface area (TPSA) is 74.8 Å². The maximum atomic E-state index is 8.05. The smallest absolute Gasteiger partial charge is 0.0641 e. The second-order valence-corrected chi connectivity index (χ2v) is 3.33. The van der Waals surface area contributed by atoms with Gasteiger partial charge < -0.3 is 5.73 Å². The Bertz CT molecular complexity index is 408. The van der Waals surface area contributed by atoms with Crippen LogP contribution < -0.4 is 5.73 Å². The van der Waals surface area contributed by atoms with Crippen LogP contribution in [0.15, 0.2) is 29.4 Å². The molecule has 0 spiro atoms. The van der Waals surface area contributed by atoms with Crippen LogP contribution in [0.25, 0.3) is 16.5 Å². The summed E-state index contributed by atoms with van der Waals surface area (Å²) in [5.41, 5.74) is 15.2. The molecule has 0 amide bonds. The van der Waals surface area contributed by atoms with Gasteiger partial charge in [-0.1, -0.05) is 34.9 Å².